The fourth-order valence-corrected chi connectivity index (χ4v) is 3.25. The summed E-state index contributed by atoms with van der Waals surface area (Å²) in [5, 5.41) is 13.9. The number of carbonyl (C=O) groups is 2. The molecule has 0 atom stereocenters. The average molecular weight is 404 g/mol. The Morgan fingerprint density at radius 3 is 2.57 bits per heavy atom. The summed E-state index contributed by atoms with van der Waals surface area (Å²) in [5.41, 5.74) is 7.62. The molecule has 1 aromatic rings. The van der Waals surface area contributed by atoms with Gasteiger partial charge in [-0.1, -0.05) is 38.1 Å². The largest absolute Gasteiger partial charge is 0.507 e. The van der Waals surface area contributed by atoms with Crippen molar-refractivity contribution in [3.63, 3.8) is 0 Å². The first-order valence-electron chi connectivity index (χ1n) is 9.59. The van der Waals surface area contributed by atoms with Crippen molar-refractivity contribution in [1.29, 1.82) is 0 Å². The fourth-order valence-electron chi connectivity index (χ4n) is 3.25. The van der Waals surface area contributed by atoms with E-state index < -0.39 is 5.97 Å². The molecule has 0 bridgehead atoms. The van der Waals surface area contributed by atoms with Crippen LogP contribution < -0.4 is 5.43 Å². The zero-order chi connectivity index (χ0) is 21.8. The molecular formula is C24H24N2O4. The van der Waals surface area contributed by atoms with Gasteiger partial charge in [0.15, 0.2) is 0 Å². The molecule has 2 aliphatic carbocycles. The molecule has 6 heteroatoms. The molecule has 30 heavy (non-hydrogen) atoms. The van der Waals surface area contributed by atoms with Crippen molar-refractivity contribution in [2.75, 3.05) is 7.11 Å². The summed E-state index contributed by atoms with van der Waals surface area (Å²) in [6.45, 7) is 6.18. The summed E-state index contributed by atoms with van der Waals surface area (Å²) in [6.07, 6.45) is 1.29. The summed E-state index contributed by atoms with van der Waals surface area (Å²) in [5.74, 6) is -0.617. The first kappa shape index (κ1) is 21.0. The third kappa shape index (κ3) is 4.33. The summed E-state index contributed by atoms with van der Waals surface area (Å²) >= 11 is 0. The number of amides is 1. The standard InChI is InChI=1S/C24H24N2O4/c1-14(2)16-6-5-7-19-15(3)10-21(20(19)12-16)23(28)26-25-13-18-11-17(24(29)30-4)8-9-22(18)27/h5-14,27H,1-4H3,(H,26,28)/b25-13+. The van der Waals surface area contributed by atoms with Gasteiger partial charge in [-0.25, -0.2) is 10.2 Å². The van der Waals surface area contributed by atoms with Crippen LogP contribution in [-0.4, -0.2) is 30.3 Å². The van der Waals surface area contributed by atoms with Crippen LogP contribution in [0.15, 0.2) is 53.6 Å². The highest BCUT2D eigenvalue weighted by atomic mass is 16.5. The number of hydrazone groups is 1. The molecule has 0 saturated carbocycles. The zero-order valence-corrected chi connectivity index (χ0v) is 17.4. The summed E-state index contributed by atoms with van der Waals surface area (Å²) in [4.78, 5) is 24.4. The minimum Gasteiger partial charge on any atom is -0.507 e. The summed E-state index contributed by atoms with van der Waals surface area (Å²) < 4.78 is 4.67. The molecule has 3 rings (SSSR count). The van der Waals surface area contributed by atoms with Crippen LogP contribution in [0.5, 0.6) is 5.75 Å². The molecule has 0 spiro atoms. The fraction of sp³-hybridized carbons (Fsp3) is 0.208. The Labute approximate surface area is 175 Å². The number of nitrogens with one attached hydrogen (secondary N) is 1. The molecule has 0 heterocycles. The lowest BCUT2D eigenvalue weighted by molar-refractivity contribution is 0.0600. The smallest absolute Gasteiger partial charge is 0.337 e. The number of hydrogen-bond acceptors (Lipinski definition) is 5. The monoisotopic (exact) mass is 404 g/mol. The van der Waals surface area contributed by atoms with Crippen molar-refractivity contribution in [2.45, 2.75) is 26.7 Å². The number of phenolic OH excluding ortho intramolecular Hbond substituents is 1. The molecule has 0 unspecified atom stereocenters. The van der Waals surface area contributed by atoms with Crippen LogP contribution in [0, 0.1) is 6.92 Å². The van der Waals surface area contributed by atoms with Gasteiger partial charge in [0.05, 0.1) is 18.9 Å². The van der Waals surface area contributed by atoms with E-state index in [1.54, 1.807) is 0 Å². The van der Waals surface area contributed by atoms with Gasteiger partial charge >= 0.3 is 5.97 Å². The molecule has 0 aliphatic heterocycles. The molecule has 6 nitrogen and oxygen atoms in total. The molecule has 154 valence electrons. The second kappa shape index (κ2) is 8.78. The highest BCUT2D eigenvalue weighted by molar-refractivity contribution is 6.03. The number of hydrogen-bond donors (Lipinski definition) is 2. The van der Waals surface area contributed by atoms with E-state index in [0.717, 1.165) is 22.3 Å². The minimum absolute atomic E-state index is 0.0659. The Balaban J connectivity index is 1.86. The molecule has 2 N–H and O–H groups in total. The third-order valence-corrected chi connectivity index (χ3v) is 4.96. The maximum Gasteiger partial charge on any atom is 0.337 e. The molecular weight excluding hydrogens is 380 g/mol. The van der Waals surface area contributed by atoms with Gasteiger partial charge in [0.1, 0.15) is 5.75 Å². The first-order chi connectivity index (χ1) is 14.3. The van der Waals surface area contributed by atoms with Crippen molar-refractivity contribution in [1.82, 2.24) is 5.43 Å². The lowest BCUT2D eigenvalue weighted by Gasteiger charge is -2.05. The SMILES string of the molecule is COC(=O)c1ccc(O)c(/C=N/NC(=O)c2cc(C)c3cccc(C(C)C)cc2-3)c1. The normalized spacial score (nSPS) is 11.2. The number of ether oxygens (including phenoxy) is 1. The average Bonchev–Trinajstić information content (AvgIpc) is 2.90. The Kier molecular flexibility index (Phi) is 6.16. The Morgan fingerprint density at radius 1 is 1.10 bits per heavy atom. The molecule has 1 amide bonds. The van der Waals surface area contributed by atoms with Crippen molar-refractivity contribution in [3.05, 3.63) is 76.3 Å². The molecule has 2 aliphatic rings. The lowest BCUT2D eigenvalue weighted by atomic mass is 10.0. The topological polar surface area (TPSA) is 88.0 Å². The van der Waals surface area contributed by atoms with Crippen LogP contribution in [-0.2, 0) is 4.74 Å². The number of nitrogens with zero attached hydrogens (tertiary/aromatic N) is 1. The molecule has 0 radical (unpaired) electrons. The number of aromatic hydroxyl groups is 1. The number of aryl methyl sites for hydroxylation is 1. The van der Waals surface area contributed by atoms with Crippen molar-refractivity contribution >= 4 is 18.1 Å². The van der Waals surface area contributed by atoms with E-state index in [4.69, 9.17) is 0 Å². The van der Waals surface area contributed by atoms with Gasteiger partial charge in [0, 0.05) is 11.1 Å². The number of rotatable bonds is 5. The maximum absolute atomic E-state index is 12.8. The molecule has 1 aromatic carbocycles. The number of carbonyl (C=O) groups excluding carboxylic acids is 2. The van der Waals surface area contributed by atoms with Crippen molar-refractivity contribution < 1.29 is 19.4 Å². The first-order valence-corrected chi connectivity index (χ1v) is 9.59. The van der Waals surface area contributed by atoms with E-state index in [2.05, 4.69) is 35.2 Å². The van der Waals surface area contributed by atoms with Crippen molar-refractivity contribution in [3.8, 4) is 16.9 Å². The number of fused-ring (bicyclic) bond motifs is 1. The van der Waals surface area contributed by atoms with E-state index in [1.807, 2.05) is 31.2 Å². The predicted molar refractivity (Wildman–Crippen MR) is 116 cm³/mol. The molecule has 0 fully saturated rings. The second-order valence-corrected chi connectivity index (χ2v) is 7.36. The van der Waals surface area contributed by atoms with E-state index in [-0.39, 0.29) is 22.8 Å². The molecule has 0 aromatic heterocycles. The predicted octanol–water partition coefficient (Wildman–Crippen LogP) is 4.48. The van der Waals surface area contributed by atoms with Gasteiger partial charge < -0.3 is 9.84 Å². The Morgan fingerprint density at radius 2 is 1.87 bits per heavy atom. The van der Waals surface area contributed by atoms with E-state index in [0.29, 0.717) is 11.5 Å². The van der Waals surface area contributed by atoms with Crippen molar-refractivity contribution in [2.24, 2.45) is 5.10 Å². The van der Waals surface area contributed by atoms with Gasteiger partial charge in [-0.2, -0.15) is 5.10 Å². The summed E-state index contributed by atoms with van der Waals surface area (Å²) in [7, 11) is 1.28. The van der Waals surface area contributed by atoms with E-state index >= 15 is 0 Å². The number of esters is 1. The van der Waals surface area contributed by atoms with Crippen LogP contribution in [0.2, 0.25) is 0 Å². The third-order valence-electron chi connectivity index (χ3n) is 4.96. The Hall–Kier alpha value is -3.67. The number of phenols is 1. The quantitative estimate of drug-likeness (QED) is 0.373. The van der Waals surface area contributed by atoms with Crippen LogP contribution in [0.25, 0.3) is 11.1 Å². The second-order valence-electron chi connectivity index (χ2n) is 7.36. The van der Waals surface area contributed by atoms with E-state index in [9.17, 15) is 14.7 Å². The van der Waals surface area contributed by atoms with Crippen LogP contribution in [0.1, 0.15) is 57.2 Å². The van der Waals surface area contributed by atoms with Crippen LogP contribution in [0.4, 0.5) is 0 Å². The highest BCUT2D eigenvalue weighted by Gasteiger charge is 2.19. The Bertz CT molecular complexity index is 1100. The van der Waals surface area contributed by atoms with Gasteiger partial charge in [0.2, 0.25) is 0 Å². The summed E-state index contributed by atoms with van der Waals surface area (Å²) in [6, 6.07) is 14.2. The minimum atomic E-state index is -0.527. The van der Waals surface area contributed by atoms with Gasteiger partial charge in [-0.15, -0.1) is 0 Å². The highest BCUT2D eigenvalue weighted by Crippen LogP contribution is 2.33. The van der Waals surface area contributed by atoms with Crippen LogP contribution in [0.3, 0.4) is 0 Å². The zero-order valence-electron chi connectivity index (χ0n) is 17.4. The van der Waals surface area contributed by atoms with E-state index in [1.165, 1.54) is 31.5 Å². The van der Waals surface area contributed by atoms with Gasteiger partial charge in [-0.3, -0.25) is 4.79 Å². The van der Waals surface area contributed by atoms with Crippen LogP contribution >= 0.6 is 0 Å². The van der Waals surface area contributed by atoms with Gasteiger partial charge in [-0.05, 0) is 59.4 Å². The lowest BCUT2D eigenvalue weighted by Crippen LogP contribution is -2.17. The maximum atomic E-state index is 12.8. The number of methoxy groups -OCH3 is 1. The molecule has 0 saturated heterocycles. The number of benzene rings is 1. The van der Waals surface area contributed by atoms with Gasteiger partial charge in [0.25, 0.3) is 5.91 Å².